The van der Waals surface area contributed by atoms with Gasteiger partial charge in [0.05, 0.1) is 19.6 Å². The third-order valence-electron chi connectivity index (χ3n) is 5.65. The number of hydrogen-bond donors (Lipinski definition) is 2. The SMILES string of the molecule is COc1ccc(C(CC(=O)N2CC[C@@H]3CNC[C@@H]3CC2)NC(C)=O)cc1. The Balaban J connectivity index is 1.65. The number of carbonyl (C=O) groups is 2. The quantitative estimate of drug-likeness (QED) is 0.840. The molecule has 26 heavy (non-hydrogen) atoms. The Morgan fingerprint density at radius 1 is 1.19 bits per heavy atom. The molecule has 0 aliphatic carbocycles. The third-order valence-corrected chi connectivity index (χ3v) is 5.65. The lowest BCUT2D eigenvalue weighted by atomic mass is 9.92. The number of fused-ring (bicyclic) bond motifs is 1. The highest BCUT2D eigenvalue weighted by atomic mass is 16.5. The fourth-order valence-corrected chi connectivity index (χ4v) is 4.11. The Bertz CT molecular complexity index is 618. The highest BCUT2D eigenvalue weighted by Crippen LogP contribution is 2.28. The van der Waals surface area contributed by atoms with Gasteiger partial charge in [0.15, 0.2) is 0 Å². The molecule has 1 unspecified atom stereocenters. The summed E-state index contributed by atoms with van der Waals surface area (Å²) in [5.41, 5.74) is 0.922. The van der Waals surface area contributed by atoms with E-state index in [1.807, 2.05) is 29.2 Å². The summed E-state index contributed by atoms with van der Waals surface area (Å²) in [7, 11) is 1.62. The molecule has 2 N–H and O–H groups in total. The Morgan fingerprint density at radius 3 is 2.35 bits per heavy atom. The molecule has 0 aromatic heterocycles. The summed E-state index contributed by atoms with van der Waals surface area (Å²) >= 11 is 0. The van der Waals surface area contributed by atoms with Crippen molar-refractivity contribution in [1.29, 1.82) is 0 Å². The first-order valence-electron chi connectivity index (χ1n) is 9.46. The predicted octanol–water partition coefficient (Wildman–Crippen LogP) is 1.72. The van der Waals surface area contributed by atoms with Gasteiger partial charge in [0.25, 0.3) is 0 Å². The number of benzene rings is 1. The van der Waals surface area contributed by atoms with Crippen LogP contribution in [0.4, 0.5) is 0 Å². The van der Waals surface area contributed by atoms with E-state index < -0.39 is 0 Å². The van der Waals surface area contributed by atoms with E-state index in [9.17, 15) is 9.59 Å². The average molecular weight is 359 g/mol. The molecule has 2 aliphatic heterocycles. The summed E-state index contributed by atoms with van der Waals surface area (Å²) < 4.78 is 5.19. The van der Waals surface area contributed by atoms with E-state index in [0.717, 1.165) is 50.3 Å². The first-order chi connectivity index (χ1) is 12.6. The normalized spacial score (nSPS) is 23.7. The van der Waals surface area contributed by atoms with Gasteiger partial charge >= 0.3 is 0 Å². The van der Waals surface area contributed by atoms with Crippen molar-refractivity contribution in [3.63, 3.8) is 0 Å². The standard InChI is InChI=1S/C20H29N3O3/c1-14(24)22-19(15-3-5-18(26-2)6-4-15)11-20(25)23-9-7-16-12-21-13-17(16)8-10-23/h3-6,16-17,19,21H,7-13H2,1-2H3,(H,22,24)/t16-,17+,19?. The van der Waals surface area contributed by atoms with Crippen LogP contribution in [0.2, 0.25) is 0 Å². The number of rotatable bonds is 5. The number of amides is 2. The van der Waals surface area contributed by atoms with Crippen LogP contribution in [0.25, 0.3) is 0 Å². The zero-order chi connectivity index (χ0) is 18.5. The molecule has 0 radical (unpaired) electrons. The minimum atomic E-state index is -0.310. The molecular formula is C20H29N3O3. The lowest BCUT2D eigenvalue weighted by Crippen LogP contribution is -2.37. The number of carbonyl (C=O) groups excluding carboxylic acids is 2. The molecule has 2 fully saturated rings. The van der Waals surface area contributed by atoms with E-state index in [-0.39, 0.29) is 17.9 Å². The summed E-state index contributed by atoms with van der Waals surface area (Å²) in [6.07, 6.45) is 2.42. The van der Waals surface area contributed by atoms with Crippen molar-refractivity contribution < 1.29 is 14.3 Å². The number of nitrogens with zero attached hydrogens (tertiary/aromatic N) is 1. The van der Waals surface area contributed by atoms with Crippen LogP contribution in [-0.2, 0) is 9.59 Å². The van der Waals surface area contributed by atoms with Gasteiger partial charge in [-0.15, -0.1) is 0 Å². The molecule has 2 saturated heterocycles. The fourth-order valence-electron chi connectivity index (χ4n) is 4.11. The number of likely N-dealkylation sites (tertiary alicyclic amines) is 1. The second kappa shape index (κ2) is 8.54. The van der Waals surface area contributed by atoms with Gasteiger partial charge in [0.2, 0.25) is 11.8 Å². The molecule has 3 rings (SSSR count). The number of methoxy groups -OCH3 is 1. The van der Waals surface area contributed by atoms with Crippen molar-refractivity contribution in [3.8, 4) is 5.75 Å². The number of hydrogen-bond acceptors (Lipinski definition) is 4. The van der Waals surface area contributed by atoms with Crippen molar-refractivity contribution in [1.82, 2.24) is 15.5 Å². The van der Waals surface area contributed by atoms with Crippen LogP contribution in [0.15, 0.2) is 24.3 Å². The summed E-state index contributed by atoms with van der Waals surface area (Å²) in [6, 6.07) is 7.22. The molecule has 6 heteroatoms. The first kappa shape index (κ1) is 18.7. The Labute approximate surface area is 155 Å². The molecule has 1 aromatic carbocycles. The highest BCUT2D eigenvalue weighted by Gasteiger charge is 2.32. The lowest BCUT2D eigenvalue weighted by Gasteiger charge is -2.25. The molecule has 2 heterocycles. The van der Waals surface area contributed by atoms with Crippen LogP contribution >= 0.6 is 0 Å². The topological polar surface area (TPSA) is 70.7 Å². The molecule has 2 aliphatic rings. The summed E-state index contributed by atoms with van der Waals surface area (Å²) in [5, 5.41) is 6.38. The van der Waals surface area contributed by atoms with E-state index >= 15 is 0 Å². The zero-order valence-corrected chi connectivity index (χ0v) is 15.7. The van der Waals surface area contributed by atoms with Crippen molar-refractivity contribution in [3.05, 3.63) is 29.8 Å². The van der Waals surface area contributed by atoms with Gasteiger partial charge in [-0.3, -0.25) is 9.59 Å². The van der Waals surface area contributed by atoms with Crippen molar-refractivity contribution in [2.75, 3.05) is 33.3 Å². The number of ether oxygens (including phenoxy) is 1. The van der Waals surface area contributed by atoms with Crippen LogP contribution in [0.3, 0.4) is 0 Å². The maximum Gasteiger partial charge on any atom is 0.224 e. The molecule has 0 saturated carbocycles. The minimum Gasteiger partial charge on any atom is -0.497 e. The van der Waals surface area contributed by atoms with E-state index in [1.165, 1.54) is 6.92 Å². The van der Waals surface area contributed by atoms with Gasteiger partial charge in [-0.2, -0.15) is 0 Å². The minimum absolute atomic E-state index is 0.118. The van der Waals surface area contributed by atoms with Crippen LogP contribution < -0.4 is 15.4 Å². The van der Waals surface area contributed by atoms with Gasteiger partial charge in [0, 0.05) is 20.0 Å². The molecule has 6 nitrogen and oxygen atoms in total. The van der Waals surface area contributed by atoms with Crippen molar-refractivity contribution in [2.45, 2.75) is 32.2 Å². The van der Waals surface area contributed by atoms with Gasteiger partial charge in [-0.05, 0) is 55.5 Å². The Kier molecular flexibility index (Phi) is 6.14. The smallest absolute Gasteiger partial charge is 0.224 e. The predicted molar refractivity (Wildman–Crippen MR) is 99.8 cm³/mol. The third kappa shape index (κ3) is 4.55. The van der Waals surface area contributed by atoms with E-state index in [0.29, 0.717) is 18.3 Å². The van der Waals surface area contributed by atoms with Crippen molar-refractivity contribution >= 4 is 11.8 Å². The molecular weight excluding hydrogens is 330 g/mol. The number of nitrogens with one attached hydrogen (secondary N) is 2. The Hall–Kier alpha value is -2.08. The second-order valence-electron chi connectivity index (χ2n) is 7.37. The van der Waals surface area contributed by atoms with Crippen LogP contribution in [-0.4, -0.2) is 50.0 Å². The van der Waals surface area contributed by atoms with Crippen LogP contribution in [0.5, 0.6) is 5.75 Å². The molecule has 142 valence electrons. The Morgan fingerprint density at radius 2 is 1.81 bits per heavy atom. The maximum atomic E-state index is 12.9. The van der Waals surface area contributed by atoms with E-state index in [2.05, 4.69) is 10.6 Å². The molecule has 1 aromatic rings. The fraction of sp³-hybridized carbons (Fsp3) is 0.600. The van der Waals surface area contributed by atoms with Gasteiger partial charge in [-0.25, -0.2) is 0 Å². The average Bonchev–Trinajstić information content (AvgIpc) is 2.99. The maximum absolute atomic E-state index is 12.9. The second-order valence-corrected chi connectivity index (χ2v) is 7.37. The van der Waals surface area contributed by atoms with E-state index in [1.54, 1.807) is 7.11 Å². The van der Waals surface area contributed by atoms with Gasteiger partial charge in [0.1, 0.15) is 5.75 Å². The summed E-state index contributed by atoms with van der Waals surface area (Å²) in [6.45, 7) is 5.27. The van der Waals surface area contributed by atoms with Gasteiger partial charge in [-0.1, -0.05) is 12.1 Å². The monoisotopic (exact) mass is 359 g/mol. The zero-order valence-electron chi connectivity index (χ0n) is 15.7. The first-order valence-corrected chi connectivity index (χ1v) is 9.46. The molecule has 2 amide bonds. The summed E-state index contributed by atoms with van der Waals surface area (Å²) in [5.74, 6) is 2.14. The van der Waals surface area contributed by atoms with Crippen LogP contribution in [0.1, 0.15) is 37.8 Å². The molecule has 3 atom stereocenters. The summed E-state index contributed by atoms with van der Waals surface area (Å²) in [4.78, 5) is 26.5. The molecule has 0 spiro atoms. The van der Waals surface area contributed by atoms with Crippen molar-refractivity contribution in [2.24, 2.45) is 11.8 Å². The van der Waals surface area contributed by atoms with E-state index in [4.69, 9.17) is 4.74 Å². The highest BCUT2D eigenvalue weighted by molar-refractivity contribution is 5.79. The van der Waals surface area contributed by atoms with Gasteiger partial charge < -0.3 is 20.3 Å². The van der Waals surface area contributed by atoms with Crippen LogP contribution in [0, 0.1) is 11.8 Å². The lowest BCUT2D eigenvalue weighted by molar-refractivity contribution is -0.132. The largest absolute Gasteiger partial charge is 0.497 e. The molecule has 0 bridgehead atoms.